The third kappa shape index (κ3) is 3.94. The minimum absolute atomic E-state index is 0.0850. The second-order valence-electron chi connectivity index (χ2n) is 6.82. The Hall–Kier alpha value is -1.90. The van der Waals surface area contributed by atoms with Crippen molar-refractivity contribution in [1.82, 2.24) is 0 Å². The van der Waals surface area contributed by atoms with Gasteiger partial charge in [0.05, 0.1) is 6.61 Å². The van der Waals surface area contributed by atoms with Crippen LogP contribution in [0.25, 0.3) is 10.4 Å². The second-order valence-corrected chi connectivity index (χ2v) is 10.4. The zero-order valence-corrected chi connectivity index (χ0v) is 17.5. The Morgan fingerprint density at radius 1 is 1.18 bits per heavy atom. The van der Waals surface area contributed by atoms with Crippen molar-refractivity contribution in [2.45, 2.75) is 41.6 Å². The molecule has 0 saturated carbocycles. The van der Waals surface area contributed by atoms with E-state index in [-0.39, 0.29) is 30.3 Å². The number of hydrogen-bond acceptors (Lipinski definition) is 6. The Kier molecular flexibility index (Phi) is 6.42. The number of primary amides is 1. The van der Waals surface area contributed by atoms with Crippen LogP contribution in [0.3, 0.4) is 0 Å². The summed E-state index contributed by atoms with van der Waals surface area (Å²) < 4.78 is 35.9. The molecule has 1 aliphatic heterocycles. The first kappa shape index (κ1) is 20.8. The third-order valence-corrected chi connectivity index (χ3v) is 9.16. The molecule has 0 aliphatic carbocycles. The van der Waals surface area contributed by atoms with Crippen molar-refractivity contribution < 1.29 is 22.7 Å². The van der Waals surface area contributed by atoms with Crippen LogP contribution in [0.5, 0.6) is 5.75 Å². The van der Waals surface area contributed by atoms with Crippen molar-refractivity contribution in [2.75, 3.05) is 19.8 Å². The van der Waals surface area contributed by atoms with Gasteiger partial charge >= 0.3 is 0 Å². The SMILES string of the molecule is CCCCOc1ccc(-c2ccc(S(=O)(=O)C3(C(N)=O)CCOCC3)s2)cc1. The molecule has 28 heavy (non-hydrogen) atoms. The second kappa shape index (κ2) is 8.63. The summed E-state index contributed by atoms with van der Waals surface area (Å²) in [4.78, 5) is 12.9. The predicted octanol–water partition coefficient (Wildman–Crippen LogP) is 3.40. The number of ether oxygens (including phenoxy) is 2. The molecule has 2 N–H and O–H groups in total. The molecule has 1 aromatic carbocycles. The van der Waals surface area contributed by atoms with Gasteiger partial charge in [-0.1, -0.05) is 13.3 Å². The van der Waals surface area contributed by atoms with Crippen molar-refractivity contribution in [3.8, 4) is 16.2 Å². The molecule has 8 heteroatoms. The van der Waals surface area contributed by atoms with Crippen molar-refractivity contribution in [3.05, 3.63) is 36.4 Å². The van der Waals surface area contributed by atoms with Gasteiger partial charge in [0, 0.05) is 18.1 Å². The topological polar surface area (TPSA) is 95.7 Å². The summed E-state index contributed by atoms with van der Waals surface area (Å²) in [7, 11) is -3.89. The molecular weight excluding hydrogens is 398 g/mol. The summed E-state index contributed by atoms with van der Waals surface area (Å²) in [6.07, 6.45) is 2.24. The van der Waals surface area contributed by atoms with E-state index < -0.39 is 20.5 Å². The number of unbranched alkanes of at least 4 members (excludes halogenated alkanes) is 1. The summed E-state index contributed by atoms with van der Waals surface area (Å²) in [6, 6.07) is 10.9. The Morgan fingerprint density at radius 3 is 2.46 bits per heavy atom. The third-order valence-electron chi connectivity index (χ3n) is 5.02. The molecular formula is C20H25NO5S2. The Morgan fingerprint density at radius 2 is 1.86 bits per heavy atom. The monoisotopic (exact) mass is 423 g/mol. The van der Waals surface area contributed by atoms with Gasteiger partial charge in [0.2, 0.25) is 15.7 Å². The number of thiophene rings is 1. The van der Waals surface area contributed by atoms with E-state index in [0.29, 0.717) is 6.61 Å². The maximum Gasteiger partial charge on any atom is 0.239 e. The van der Waals surface area contributed by atoms with Crippen molar-refractivity contribution >= 4 is 27.1 Å². The first-order valence-corrected chi connectivity index (χ1v) is 11.7. The summed E-state index contributed by atoms with van der Waals surface area (Å²) >= 11 is 1.15. The van der Waals surface area contributed by atoms with Gasteiger partial charge in [-0.15, -0.1) is 11.3 Å². The van der Waals surface area contributed by atoms with Crippen LogP contribution in [0.2, 0.25) is 0 Å². The van der Waals surface area contributed by atoms with Crippen molar-refractivity contribution in [3.63, 3.8) is 0 Å². The van der Waals surface area contributed by atoms with Crippen molar-refractivity contribution in [2.24, 2.45) is 5.73 Å². The minimum Gasteiger partial charge on any atom is -0.494 e. The Labute approximate surface area is 169 Å². The molecule has 1 aliphatic rings. The summed E-state index contributed by atoms with van der Waals surface area (Å²) in [5.41, 5.74) is 6.42. The number of hydrogen-bond donors (Lipinski definition) is 1. The number of sulfone groups is 1. The highest BCUT2D eigenvalue weighted by Gasteiger charge is 2.51. The zero-order valence-electron chi connectivity index (χ0n) is 15.8. The van der Waals surface area contributed by atoms with Crippen LogP contribution in [0.1, 0.15) is 32.6 Å². The minimum atomic E-state index is -3.89. The summed E-state index contributed by atoms with van der Waals surface area (Å²) in [5, 5.41) is 0. The molecule has 2 heterocycles. The maximum atomic E-state index is 13.2. The number of benzene rings is 1. The van der Waals surface area contributed by atoms with Gasteiger partial charge < -0.3 is 15.2 Å². The predicted molar refractivity (Wildman–Crippen MR) is 109 cm³/mol. The van der Waals surface area contributed by atoms with Gasteiger partial charge in [0.25, 0.3) is 0 Å². The van der Waals surface area contributed by atoms with E-state index in [1.54, 1.807) is 12.1 Å². The lowest BCUT2D eigenvalue weighted by Gasteiger charge is -2.32. The highest BCUT2D eigenvalue weighted by atomic mass is 32.2. The quantitative estimate of drug-likeness (QED) is 0.657. The Balaban J connectivity index is 1.84. The van der Waals surface area contributed by atoms with E-state index in [0.717, 1.165) is 40.4 Å². The van der Waals surface area contributed by atoms with Crippen LogP contribution < -0.4 is 10.5 Å². The van der Waals surface area contributed by atoms with Crippen molar-refractivity contribution in [1.29, 1.82) is 0 Å². The number of nitrogens with two attached hydrogens (primary N) is 1. The van der Waals surface area contributed by atoms with Gasteiger partial charge in [-0.2, -0.15) is 0 Å². The highest BCUT2D eigenvalue weighted by molar-refractivity contribution is 7.95. The smallest absolute Gasteiger partial charge is 0.239 e. The summed E-state index contributed by atoms with van der Waals surface area (Å²) in [6.45, 7) is 3.20. The maximum absolute atomic E-state index is 13.2. The molecule has 1 amide bonds. The highest BCUT2D eigenvalue weighted by Crippen LogP contribution is 2.40. The van der Waals surface area contributed by atoms with Gasteiger partial charge in [-0.3, -0.25) is 4.79 Å². The van der Waals surface area contributed by atoms with E-state index in [9.17, 15) is 13.2 Å². The molecule has 0 bridgehead atoms. The fraction of sp³-hybridized carbons (Fsp3) is 0.450. The van der Waals surface area contributed by atoms with Crippen LogP contribution in [0.4, 0.5) is 0 Å². The fourth-order valence-electron chi connectivity index (χ4n) is 3.21. The average molecular weight is 424 g/mol. The van der Waals surface area contributed by atoms with E-state index in [1.165, 1.54) is 0 Å². The summed E-state index contributed by atoms with van der Waals surface area (Å²) in [5.74, 6) is -0.0178. The molecule has 0 radical (unpaired) electrons. The normalized spacial score (nSPS) is 16.6. The number of carbonyl (C=O) groups is 1. The molecule has 0 spiro atoms. The van der Waals surface area contributed by atoms with E-state index in [4.69, 9.17) is 15.2 Å². The van der Waals surface area contributed by atoms with E-state index in [2.05, 4.69) is 6.92 Å². The van der Waals surface area contributed by atoms with Gasteiger partial charge in [-0.25, -0.2) is 8.42 Å². The molecule has 3 rings (SSSR count). The fourth-order valence-corrected chi connectivity index (χ4v) is 6.74. The molecule has 1 fully saturated rings. The molecule has 1 aromatic heterocycles. The first-order chi connectivity index (χ1) is 13.4. The molecule has 0 atom stereocenters. The number of carbonyl (C=O) groups excluding carboxylic acids is 1. The zero-order chi connectivity index (χ0) is 20.2. The lowest BCUT2D eigenvalue weighted by Crippen LogP contribution is -2.53. The standard InChI is InChI=1S/C20H25NO5S2/c1-2-3-12-26-16-6-4-15(5-7-16)17-8-9-18(27-17)28(23,24)20(19(21)22)10-13-25-14-11-20/h4-9H,2-3,10-14H2,1H3,(H2,21,22). The molecule has 152 valence electrons. The molecule has 0 unspecified atom stereocenters. The Bertz CT molecular complexity index is 912. The van der Waals surface area contributed by atoms with E-state index >= 15 is 0 Å². The largest absolute Gasteiger partial charge is 0.494 e. The number of amides is 1. The van der Waals surface area contributed by atoms with Gasteiger partial charge in [0.1, 0.15) is 9.96 Å². The van der Waals surface area contributed by atoms with Gasteiger partial charge in [0.15, 0.2) is 4.75 Å². The van der Waals surface area contributed by atoms with Crippen LogP contribution in [-0.4, -0.2) is 38.9 Å². The lowest BCUT2D eigenvalue weighted by molar-refractivity contribution is -0.122. The average Bonchev–Trinajstić information content (AvgIpc) is 3.20. The first-order valence-electron chi connectivity index (χ1n) is 9.36. The van der Waals surface area contributed by atoms with Crippen LogP contribution >= 0.6 is 11.3 Å². The van der Waals surface area contributed by atoms with Gasteiger partial charge in [-0.05, 0) is 61.2 Å². The van der Waals surface area contributed by atoms with E-state index in [1.807, 2.05) is 24.3 Å². The molecule has 1 saturated heterocycles. The van der Waals surface area contributed by atoms with Crippen LogP contribution in [-0.2, 0) is 19.4 Å². The molecule has 6 nitrogen and oxygen atoms in total. The lowest BCUT2D eigenvalue weighted by atomic mass is 9.98. The molecule has 2 aromatic rings. The van der Waals surface area contributed by atoms with Crippen LogP contribution in [0.15, 0.2) is 40.6 Å². The van der Waals surface area contributed by atoms with Crippen LogP contribution in [0, 0.1) is 0 Å². The number of rotatable bonds is 8.